The van der Waals surface area contributed by atoms with Crippen molar-refractivity contribution in [2.24, 2.45) is 10.8 Å². The first-order valence-corrected chi connectivity index (χ1v) is 19.6. The van der Waals surface area contributed by atoms with E-state index in [1.54, 1.807) is 0 Å². The van der Waals surface area contributed by atoms with Crippen LogP contribution in [0.3, 0.4) is 0 Å². The summed E-state index contributed by atoms with van der Waals surface area (Å²) in [4.78, 5) is 0. The third-order valence-corrected chi connectivity index (χ3v) is 8.32. The Bertz CT molecular complexity index is 591. The molecular weight excluding hydrogens is 516 g/mol. The van der Waals surface area contributed by atoms with E-state index in [0.717, 1.165) is 6.42 Å². The van der Waals surface area contributed by atoms with E-state index in [-0.39, 0.29) is 0 Å². The zero-order valence-corrected chi connectivity index (χ0v) is 31.6. The Hall–Kier alpha value is -0.780. The van der Waals surface area contributed by atoms with Gasteiger partial charge in [-0.3, -0.25) is 0 Å². The van der Waals surface area contributed by atoms with Crippen LogP contribution in [0.5, 0.6) is 0 Å². The van der Waals surface area contributed by atoms with Crippen LogP contribution in [0.2, 0.25) is 0 Å². The van der Waals surface area contributed by atoms with Crippen LogP contribution in [0.15, 0.2) is 36.5 Å². The first kappa shape index (κ1) is 44.3. The molecule has 0 aromatic rings. The molecule has 0 heterocycles. The maximum absolute atomic E-state index is 2.42. The van der Waals surface area contributed by atoms with Gasteiger partial charge in [0.2, 0.25) is 0 Å². The van der Waals surface area contributed by atoms with Gasteiger partial charge in [0.25, 0.3) is 0 Å². The molecule has 0 saturated carbocycles. The van der Waals surface area contributed by atoms with Crippen LogP contribution in [0, 0.1) is 10.8 Å². The molecule has 0 saturated heterocycles. The Balaban J connectivity index is 0. The lowest BCUT2D eigenvalue weighted by atomic mass is 9.89. The van der Waals surface area contributed by atoms with E-state index in [1.807, 2.05) is 0 Å². The summed E-state index contributed by atoms with van der Waals surface area (Å²) in [6.07, 6.45) is 51.3. The minimum atomic E-state index is 0.521. The third kappa shape index (κ3) is 48.3. The van der Waals surface area contributed by atoms with E-state index >= 15 is 0 Å². The van der Waals surface area contributed by atoms with Gasteiger partial charge in [0, 0.05) is 0 Å². The first-order chi connectivity index (χ1) is 20.6. The lowest BCUT2D eigenvalue weighted by Gasteiger charge is -2.17. The SMILES string of the molecule is CCCCC/C=C\C/C=C\CCCCCCCC(C)(C)C.CCCCCCCC/C=C\CCCCCCCCC(C)(C)C. The summed E-state index contributed by atoms with van der Waals surface area (Å²) in [6, 6.07) is 0. The maximum Gasteiger partial charge on any atom is -0.0169 e. The molecule has 0 radical (unpaired) electrons. The quantitative estimate of drug-likeness (QED) is 0.0619. The second-order valence-electron chi connectivity index (χ2n) is 15.8. The average Bonchev–Trinajstić information content (AvgIpc) is 2.94. The summed E-state index contributed by atoms with van der Waals surface area (Å²) in [5, 5.41) is 0. The highest BCUT2D eigenvalue weighted by Crippen LogP contribution is 2.23. The van der Waals surface area contributed by atoms with Gasteiger partial charge in [0.15, 0.2) is 0 Å². The van der Waals surface area contributed by atoms with Crippen LogP contribution in [-0.4, -0.2) is 0 Å². The molecule has 0 spiro atoms. The Kier molecular flexibility index (Phi) is 35.2. The maximum atomic E-state index is 2.42. The van der Waals surface area contributed by atoms with Gasteiger partial charge in [-0.25, -0.2) is 0 Å². The summed E-state index contributed by atoms with van der Waals surface area (Å²) >= 11 is 0. The lowest BCUT2D eigenvalue weighted by molar-refractivity contribution is 0.356. The van der Waals surface area contributed by atoms with E-state index in [0.29, 0.717) is 10.8 Å². The molecule has 0 nitrogen and oxygen atoms in total. The largest absolute Gasteiger partial charge is 0.0885 e. The molecule has 0 aromatic carbocycles. The molecule has 0 N–H and O–H groups in total. The standard InChI is InChI=1S/C22H44.C21H40/c1-5-6-7-8-9-10-11-12-13-14-15-16-17-18-19-20-21-22(2,3)4;1-5-6-7-8-9-10-11-12-13-14-15-16-17-18-19-20-21(2,3)4/h12-13H,5-11,14-21H2,1-4H3;9-10,12-13H,5-8,11,14-20H2,1-4H3/b13-12-;10-9-,13-12-. The highest BCUT2D eigenvalue weighted by atomic mass is 14.1. The van der Waals surface area contributed by atoms with Crippen molar-refractivity contribution >= 4 is 0 Å². The van der Waals surface area contributed by atoms with Gasteiger partial charge < -0.3 is 0 Å². The van der Waals surface area contributed by atoms with Crippen molar-refractivity contribution in [3.05, 3.63) is 36.5 Å². The van der Waals surface area contributed by atoms with Gasteiger partial charge >= 0.3 is 0 Å². The summed E-state index contributed by atoms with van der Waals surface area (Å²) in [7, 11) is 0. The van der Waals surface area contributed by atoms with Gasteiger partial charge in [0.1, 0.15) is 0 Å². The molecule has 0 atom stereocenters. The molecule has 0 amide bonds. The molecule has 0 bridgehead atoms. The zero-order valence-electron chi connectivity index (χ0n) is 31.6. The van der Waals surface area contributed by atoms with Gasteiger partial charge in [-0.05, 0) is 81.5 Å². The lowest BCUT2D eigenvalue weighted by Crippen LogP contribution is -2.03. The van der Waals surface area contributed by atoms with Crippen molar-refractivity contribution in [2.45, 2.75) is 229 Å². The molecular formula is C43H84. The van der Waals surface area contributed by atoms with E-state index in [9.17, 15) is 0 Å². The average molecular weight is 601 g/mol. The number of rotatable bonds is 28. The minimum absolute atomic E-state index is 0.521. The Morgan fingerprint density at radius 3 is 0.907 bits per heavy atom. The fourth-order valence-corrected chi connectivity index (χ4v) is 5.37. The molecule has 0 heteroatoms. The zero-order chi connectivity index (χ0) is 32.3. The van der Waals surface area contributed by atoms with Crippen molar-refractivity contribution in [1.82, 2.24) is 0 Å². The number of hydrogen-bond acceptors (Lipinski definition) is 0. The molecule has 256 valence electrons. The van der Waals surface area contributed by atoms with Gasteiger partial charge in [-0.2, -0.15) is 0 Å². The highest BCUT2D eigenvalue weighted by molar-refractivity contribution is 4.92. The predicted molar refractivity (Wildman–Crippen MR) is 202 cm³/mol. The summed E-state index contributed by atoms with van der Waals surface area (Å²) in [5.41, 5.74) is 1.05. The molecule has 0 fully saturated rings. The van der Waals surface area contributed by atoms with Crippen LogP contribution in [0.25, 0.3) is 0 Å². The highest BCUT2D eigenvalue weighted by Gasteiger charge is 2.09. The number of unbranched alkanes of at least 4 members (excludes halogenated alkanes) is 20. The second kappa shape index (κ2) is 34.1. The van der Waals surface area contributed by atoms with Crippen LogP contribution in [-0.2, 0) is 0 Å². The monoisotopic (exact) mass is 601 g/mol. The topological polar surface area (TPSA) is 0 Å². The Labute approximate surface area is 275 Å². The van der Waals surface area contributed by atoms with Gasteiger partial charge in [-0.15, -0.1) is 0 Å². The van der Waals surface area contributed by atoms with Crippen LogP contribution < -0.4 is 0 Å². The van der Waals surface area contributed by atoms with Crippen molar-refractivity contribution in [2.75, 3.05) is 0 Å². The van der Waals surface area contributed by atoms with E-state index in [2.05, 4.69) is 91.8 Å². The molecule has 0 aromatic heterocycles. The summed E-state index contributed by atoms with van der Waals surface area (Å²) in [6.45, 7) is 18.6. The van der Waals surface area contributed by atoms with Crippen LogP contribution in [0.1, 0.15) is 229 Å². The normalized spacial score (nSPS) is 12.6. The Morgan fingerprint density at radius 1 is 0.302 bits per heavy atom. The first-order valence-electron chi connectivity index (χ1n) is 19.6. The molecule has 0 aliphatic rings. The van der Waals surface area contributed by atoms with Crippen molar-refractivity contribution in [3.8, 4) is 0 Å². The molecule has 0 aliphatic heterocycles. The van der Waals surface area contributed by atoms with E-state index < -0.39 is 0 Å². The van der Waals surface area contributed by atoms with Crippen molar-refractivity contribution < 1.29 is 0 Å². The predicted octanol–water partition coefficient (Wildman–Crippen LogP) is 16.3. The van der Waals surface area contributed by atoms with Crippen LogP contribution in [0.4, 0.5) is 0 Å². The van der Waals surface area contributed by atoms with Gasteiger partial charge in [0.05, 0.1) is 0 Å². The fourth-order valence-electron chi connectivity index (χ4n) is 5.37. The minimum Gasteiger partial charge on any atom is -0.0885 e. The van der Waals surface area contributed by atoms with Gasteiger partial charge in [-0.1, -0.05) is 195 Å². The molecule has 43 heavy (non-hydrogen) atoms. The molecule has 0 rings (SSSR count). The molecule has 0 unspecified atom stereocenters. The number of hydrogen-bond donors (Lipinski definition) is 0. The Morgan fingerprint density at radius 2 is 0.558 bits per heavy atom. The molecule has 0 aliphatic carbocycles. The van der Waals surface area contributed by atoms with Crippen molar-refractivity contribution in [1.29, 1.82) is 0 Å². The summed E-state index contributed by atoms with van der Waals surface area (Å²) in [5.74, 6) is 0. The smallest absolute Gasteiger partial charge is 0.0169 e. The van der Waals surface area contributed by atoms with Crippen LogP contribution >= 0.6 is 0 Å². The fraction of sp³-hybridized carbons (Fsp3) is 0.860. The van der Waals surface area contributed by atoms with E-state index in [1.165, 1.54) is 167 Å². The second-order valence-corrected chi connectivity index (χ2v) is 15.8. The van der Waals surface area contributed by atoms with E-state index in [4.69, 9.17) is 0 Å². The van der Waals surface area contributed by atoms with Crippen molar-refractivity contribution in [3.63, 3.8) is 0 Å². The number of allylic oxidation sites excluding steroid dienone is 6. The third-order valence-electron chi connectivity index (χ3n) is 8.32. The summed E-state index contributed by atoms with van der Waals surface area (Å²) < 4.78 is 0.